The average Bonchev–Trinajstić information content (AvgIpc) is 2.25. The monoisotopic (exact) mass is 221 g/mol. The quantitative estimate of drug-likeness (QED) is 0.449. The van der Waals surface area contributed by atoms with Crippen LogP contribution >= 0.6 is 11.8 Å². The molecule has 0 amide bonds. The summed E-state index contributed by atoms with van der Waals surface area (Å²) in [6.45, 7) is 5.72. The summed E-state index contributed by atoms with van der Waals surface area (Å²) < 4.78 is 0. The maximum absolute atomic E-state index is 5.79. The molecule has 1 unspecified atom stereocenters. The van der Waals surface area contributed by atoms with E-state index in [9.17, 15) is 0 Å². The maximum Gasteiger partial charge on any atom is 0.0266 e. The van der Waals surface area contributed by atoms with Gasteiger partial charge in [0.25, 0.3) is 0 Å². The molecule has 0 aliphatic rings. The molecular weight excluding hydrogens is 202 g/mol. The Balaban J connectivity index is 2.39. The highest BCUT2D eigenvalue weighted by molar-refractivity contribution is 7.99. The standard InChI is InChI=1S/C13H19NS/c1-3-4-5-10-15-13-8-6-12(7-9-13)11(2)14/h3,6-9,11H,1,4-5,10,14H2,2H3. The van der Waals surface area contributed by atoms with Crippen molar-refractivity contribution in [1.82, 2.24) is 0 Å². The zero-order valence-electron chi connectivity index (χ0n) is 9.28. The summed E-state index contributed by atoms with van der Waals surface area (Å²) in [5.41, 5.74) is 6.99. The molecule has 0 radical (unpaired) electrons. The van der Waals surface area contributed by atoms with Gasteiger partial charge in [-0.05, 0) is 43.2 Å². The minimum absolute atomic E-state index is 0.129. The van der Waals surface area contributed by atoms with Gasteiger partial charge in [0.1, 0.15) is 0 Å². The van der Waals surface area contributed by atoms with Crippen LogP contribution in [-0.4, -0.2) is 5.75 Å². The van der Waals surface area contributed by atoms with Crippen LogP contribution in [0.25, 0.3) is 0 Å². The van der Waals surface area contributed by atoms with Gasteiger partial charge in [-0.1, -0.05) is 18.2 Å². The first-order chi connectivity index (χ1) is 7.24. The molecule has 2 N–H and O–H groups in total. The van der Waals surface area contributed by atoms with Crippen LogP contribution in [0, 0.1) is 0 Å². The van der Waals surface area contributed by atoms with Crippen LogP contribution in [0.3, 0.4) is 0 Å². The summed E-state index contributed by atoms with van der Waals surface area (Å²) in [6, 6.07) is 8.65. The SMILES string of the molecule is C=CCCCSc1ccc(C(C)N)cc1. The summed E-state index contributed by atoms with van der Waals surface area (Å²) in [6.07, 6.45) is 4.27. The van der Waals surface area contributed by atoms with Crippen molar-refractivity contribution in [2.75, 3.05) is 5.75 Å². The molecule has 0 aliphatic carbocycles. The molecule has 0 aromatic heterocycles. The Morgan fingerprint density at radius 1 is 1.40 bits per heavy atom. The van der Waals surface area contributed by atoms with Crippen molar-refractivity contribution in [3.05, 3.63) is 42.5 Å². The normalized spacial score (nSPS) is 12.4. The van der Waals surface area contributed by atoms with Gasteiger partial charge < -0.3 is 5.73 Å². The molecule has 0 heterocycles. The first-order valence-electron chi connectivity index (χ1n) is 5.33. The molecule has 15 heavy (non-hydrogen) atoms. The van der Waals surface area contributed by atoms with Gasteiger partial charge in [-0.15, -0.1) is 18.3 Å². The van der Waals surface area contributed by atoms with Crippen LogP contribution in [0.5, 0.6) is 0 Å². The molecule has 0 saturated heterocycles. The molecule has 0 bridgehead atoms. The molecule has 0 spiro atoms. The Kier molecular flexibility index (Phi) is 5.51. The molecule has 0 saturated carbocycles. The lowest BCUT2D eigenvalue weighted by molar-refractivity contribution is 0.817. The van der Waals surface area contributed by atoms with Crippen molar-refractivity contribution >= 4 is 11.8 Å². The Morgan fingerprint density at radius 3 is 2.60 bits per heavy atom. The number of hydrogen-bond acceptors (Lipinski definition) is 2. The van der Waals surface area contributed by atoms with E-state index in [0.717, 1.165) is 12.2 Å². The predicted molar refractivity (Wildman–Crippen MR) is 69.2 cm³/mol. The number of unbranched alkanes of at least 4 members (excludes halogenated alkanes) is 1. The molecular formula is C13H19NS. The minimum atomic E-state index is 0.129. The summed E-state index contributed by atoms with van der Waals surface area (Å²) in [7, 11) is 0. The minimum Gasteiger partial charge on any atom is -0.324 e. The Bertz CT molecular complexity index is 290. The molecule has 1 atom stereocenters. The maximum atomic E-state index is 5.79. The van der Waals surface area contributed by atoms with Crippen molar-refractivity contribution < 1.29 is 0 Å². The molecule has 2 heteroatoms. The topological polar surface area (TPSA) is 26.0 Å². The second kappa shape index (κ2) is 6.70. The number of thioether (sulfide) groups is 1. The van der Waals surface area contributed by atoms with E-state index in [-0.39, 0.29) is 6.04 Å². The third kappa shape index (κ3) is 4.54. The van der Waals surface area contributed by atoms with Gasteiger partial charge in [-0.2, -0.15) is 0 Å². The first-order valence-corrected chi connectivity index (χ1v) is 6.32. The predicted octanol–water partition coefficient (Wildman–Crippen LogP) is 3.76. The van der Waals surface area contributed by atoms with Crippen molar-refractivity contribution in [3.63, 3.8) is 0 Å². The van der Waals surface area contributed by atoms with Crippen LogP contribution in [0.15, 0.2) is 41.8 Å². The summed E-state index contributed by atoms with van der Waals surface area (Å²) in [5.74, 6) is 1.16. The van der Waals surface area contributed by atoms with E-state index in [1.54, 1.807) is 0 Å². The zero-order valence-corrected chi connectivity index (χ0v) is 10.1. The van der Waals surface area contributed by atoms with Crippen molar-refractivity contribution in [1.29, 1.82) is 0 Å². The fraction of sp³-hybridized carbons (Fsp3) is 0.385. The highest BCUT2D eigenvalue weighted by atomic mass is 32.2. The van der Waals surface area contributed by atoms with Crippen LogP contribution < -0.4 is 5.73 Å². The molecule has 1 aromatic carbocycles. The summed E-state index contributed by atoms with van der Waals surface area (Å²) >= 11 is 1.89. The number of rotatable bonds is 6. The van der Waals surface area contributed by atoms with E-state index < -0.39 is 0 Å². The van der Waals surface area contributed by atoms with E-state index >= 15 is 0 Å². The van der Waals surface area contributed by atoms with E-state index in [2.05, 4.69) is 30.8 Å². The van der Waals surface area contributed by atoms with Crippen molar-refractivity contribution in [2.45, 2.75) is 30.7 Å². The van der Waals surface area contributed by atoms with E-state index in [4.69, 9.17) is 5.73 Å². The molecule has 0 fully saturated rings. The number of nitrogens with two attached hydrogens (primary N) is 1. The van der Waals surface area contributed by atoms with Crippen LogP contribution in [-0.2, 0) is 0 Å². The van der Waals surface area contributed by atoms with Crippen LogP contribution in [0.4, 0.5) is 0 Å². The average molecular weight is 221 g/mol. The summed E-state index contributed by atoms with van der Waals surface area (Å²) in [4.78, 5) is 1.32. The lowest BCUT2D eigenvalue weighted by Crippen LogP contribution is -2.04. The van der Waals surface area contributed by atoms with Gasteiger partial charge in [0, 0.05) is 10.9 Å². The first kappa shape index (κ1) is 12.3. The van der Waals surface area contributed by atoms with E-state index in [1.165, 1.54) is 16.9 Å². The highest BCUT2D eigenvalue weighted by Crippen LogP contribution is 2.21. The highest BCUT2D eigenvalue weighted by Gasteiger charge is 1.99. The number of allylic oxidation sites excluding steroid dienone is 1. The fourth-order valence-electron chi connectivity index (χ4n) is 1.29. The Labute approximate surface area is 96.8 Å². The van der Waals surface area contributed by atoms with E-state index in [1.807, 2.05) is 24.8 Å². The van der Waals surface area contributed by atoms with Crippen LogP contribution in [0.2, 0.25) is 0 Å². The third-order valence-corrected chi connectivity index (χ3v) is 3.33. The van der Waals surface area contributed by atoms with Gasteiger partial charge in [0.15, 0.2) is 0 Å². The Hall–Kier alpha value is -0.730. The van der Waals surface area contributed by atoms with Crippen molar-refractivity contribution in [2.24, 2.45) is 5.73 Å². The van der Waals surface area contributed by atoms with Gasteiger partial charge in [-0.3, -0.25) is 0 Å². The second-order valence-electron chi connectivity index (χ2n) is 3.64. The number of hydrogen-bond donors (Lipinski definition) is 1. The molecule has 82 valence electrons. The fourth-order valence-corrected chi connectivity index (χ4v) is 2.16. The molecule has 1 nitrogen and oxygen atoms in total. The van der Waals surface area contributed by atoms with E-state index in [0.29, 0.717) is 0 Å². The smallest absolute Gasteiger partial charge is 0.0266 e. The van der Waals surface area contributed by atoms with Crippen LogP contribution in [0.1, 0.15) is 31.4 Å². The molecule has 1 rings (SSSR count). The largest absolute Gasteiger partial charge is 0.324 e. The third-order valence-electron chi connectivity index (χ3n) is 2.23. The zero-order chi connectivity index (χ0) is 11.1. The van der Waals surface area contributed by atoms with Gasteiger partial charge in [-0.25, -0.2) is 0 Å². The molecule has 1 aromatic rings. The lowest BCUT2D eigenvalue weighted by atomic mass is 10.1. The Morgan fingerprint density at radius 2 is 2.07 bits per heavy atom. The van der Waals surface area contributed by atoms with Gasteiger partial charge >= 0.3 is 0 Å². The van der Waals surface area contributed by atoms with Gasteiger partial charge in [0.2, 0.25) is 0 Å². The lowest BCUT2D eigenvalue weighted by Gasteiger charge is -2.06. The molecule has 0 aliphatic heterocycles. The summed E-state index contributed by atoms with van der Waals surface area (Å²) in [5, 5.41) is 0. The van der Waals surface area contributed by atoms with Gasteiger partial charge in [0.05, 0.1) is 0 Å². The second-order valence-corrected chi connectivity index (χ2v) is 4.81. The van der Waals surface area contributed by atoms with Crippen molar-refractivity contribution in [3.8, 4) is 0 Å². The number of benzene rings is 1.